The van der Waals surface area contributed by atoms with Crippen LogP contribution in [0, 0.1) is 0 Å². The van der Waals surface area contributed by atoms with E-state index in [1.807, 2.05) is 0 Å². The van der Waals surface area contributed by atoms with Crippen LogP contribution in [0.4, 0.5) is 24.7 Å². The van der Waals surface area contributed by atoms with Crippen LogP contribution < -0.4 is 15.4 Å². The average Bonchev–Trinajstić information content (AvgIpc) is 3.17. The third kappa shape index (κ3) is 3.80. The Kier molecular flexibility index (Phi) is 5.06. The van der Waals surface area contributed by atoms with E-state index in [-0.39, 0.29) is 17.8 Å². The molecule has 1 aromatic carbocycles. The zero-order valence-corrected chi connectivity index (χ0v) is 15.8. The highest BCUT2D eigenvalue weighted by Crippen LogP contribution is 2.44. The normalized spacial score (nSPS) is 18.3. The van der Waals surface area contributed by atoms with Crippen LogP contribution in [-0.2, 0) is 0 Å². The van der Waals surface area contributed by atoms with Gasteiger partial charge in [-0.25, -0.2) is 4.68 Å². The van der Waals surface area contributed by atoms with Gasteiger partial charge in [0.1, 0.15) is 17.1 Å². The van der Waals surface area contributed by atoms with Gasteiger partial charge in [0.2, 0.25) is 0 Å². The molecule has 10 heteroatoms. The number of methoxy groups -OCH3 is 1. The molecule has 30 heavy (non-hydrogen) atoms. The Balaban J connectivity index is 1.70. The van der Waals surface area contributed by atoms with Gasteiger partial charge >= 0.3 is 6.18 Å². The number of anilines is 2. The van der Waals surface area contributed by atoms with E-state index in [1.54, 1.807) is 42.6 Å². The highest BCUT2D eigenvalue weighted by atomic mass is 19.4. The lowest BCUT2D eigenvalue weighted by molar-refractivity contribution is -0.173. The minimum Gasteiger partial charge on any atom is -0.497 e. The Labute approximate surface area is 169 Å². The van der Waals surface area contributed by atoms with Crippen molar-refractivity contribution in [2.24, 2.45) is 0 Å². The summed E-state index contributed by atoms with van der Waals surface area (Å²) in [6.07, 6.45) is -0.669. The predicted molar refractivity (Wildman–Crippen MR) is 103 cm³/mol. The van der Waals surface area contributed by atoms with E-state index < -0.39 is 24.2 Å². The van der Waals surface area contributed by atoms with E-state index in [9.17, 15) is 18.0 Å². The average molecular weight is 417 g/mol. The molecule has 1 aliphatic heterocycles. The molecule has 0 saturated carbocycles. The molecule has 0 bridgehead atoms. The number of hydrogen-bond donors (Lipinski definition) is 2. The second-order valence-corrected chi connectivity index (χ2v) is 6.81. The van der Waals surface area contributed by atoms with Gasteiger partial charge in [0, 0.05) is 12.6 Å². The number of carbonyl (C=O) groups excluding carboxylic acids is 1. The van der Waals surface area contributed by atoms with Crippen molar-refractivity contribution in [2.75, 3.05) is 17.7 Å². The summed E-state index contributed by atoms with van der Waals surface area (Å²) < 4.78 is 47.4. The molecule has 3 heterocycles. The van der Waals surface area contributed by atoms with E-state index in [2.05, 4.69) is 20.7 Å². The molecular weight excluding hydrogens is 399 g/mol. The fraction of sp³-hybridized carbons (Fsp3) is 0.250. The van der Waals surface area contributed by atoms with Crippen molar-refractivity contribution in [1.29, 1.82) is 0 Å². The van der Waals surface area contributed by atoms with Gasteiger partial charge in [-0.05, 0) is 29.8 Å². The van der Waals surface area contributed by atoms with Crippen molar-refractivity contribution in [3.63, 3.8) is 0 Å². The van der Waals surface area contributed by atoms with Crippen molar-refractivity contribution < 1.29 is 22.7 Å². The number of halogens is 3. The molecule has 0 saturated heterocycles. The van der Waals surface area contributed by atoms with Gasteiger partial charge in [-0.2, -0.15) is 18.3 Å². The third-order valence-corrected chi connectivity index (χ3v) is 4.90. The van der Waals surface area contributed by atoms with Crippen molar-refractivity contribution in [3.8, 4) is 5.75 Å². The lowest BCUT2D eigenvalue weighted by Gasteiger charge is -2.34. The number of aromatic nitrogens is 3. The molecule has 0 radical (unpaired) electrons. The maximum absolute atomic E-state index is 13.8. The summed E-state index contributed by atoms with van der Waals surface area (Å²) in [4.78, 5) is 16.6. The number of alkyl halides is 3. The Morgan fingerprint density at radius 3 is 2.80 bits per heavy atom. The number of carbonyl (C=O) groups is 1. The molecule has 2 atom stereocenters. The summed E-state index contributed by atoms with van der Waals surface area (Å²) in [6, 6.07) is 7.53. The number of benzene rings is 1. The standard InChI is InChI=1S/C20H18F3N5O2/c1-30-14-6-2-4-12(8-14)16-9-17(20(21,22)23)28-18(27-16)15(11-25-28)19(29)26-13-5-3-7-24-10-13/h2-8,10-11,16-17,27H,9H2,1H3,(H,26,29). The summed E-state index contributed by atoms with van der Waals surface area (Å²) in [6.45, 7) is 0. The van der Waals surface area contributed by atoms with Crippen LogP contribution in [0.3, 0.4) is 0 Å². The van der Waals surface area contributed by atoms with Crippen molar-refractivity contribution in [3.05, 3.63) is 66.1 Å². The van der Waals surface area contributed by atoms with Gasteiger partial charge < -0.3 is 15.4 Å². The number of nitrogens with one attached hydrogen (secondary N) is 2. The second-order valence-electron chi connectivity index (χ2n) is 6.81. The molecule has 4 rings (SSSR count). The van der Waals surface area contributed by atoms with Crippen LogP contribution in [0.2, 0.25) is 0 Å². The number of nitrogens with zero attached hydrogens (tertiary/aromatic N) is 3. The Hall–Kier alpha value is -3.56. The summed E-state index contributed by atoms with van der Waals surface area (Å²) in [7, 11) is 1.49. The van der Waals surface area contributed by atoms with E-state index >= 15 is 0 Å². The van der Waals surface area contributed by atoms with Crippen LogP contribution in [0.15, 0.2) is 55.0 Å². The van der Waals surface area contributed by atoms with Crippen molar-refractivity contribution in [1.82, 2.24) is 14.8 Å². The van der Waals surface area contributed by atoms with Crippen LogP contribution in [0.25, 0.3) is 0 Å². The van der Waals surface area contributed by atoms with Gasteiger partial charge in [0.25, 0.3) is 5.91 Å². The minimum absolute atomic E-state index is 0.0118. The zero-order chi connectivity index (χ0) is 21.3. The summed E-state index contributed by atoms with van der Waals surface area (Å²) in [5, 5.41) is 9.54. The number of pyridine rings is 1. The predicted octanol–water partition coefficient (Wildman–Crippen LogP) is 4.20. The van der Waals surface area contributed by atoms with E-state index in [0.29, 0.717) is 17.0 Å². The highest BCUT2D eigenvalue weighted by Gasteiger charge is 2.47. The smallest absolute Gasteiger partial charge is 0.410 e. The first-order chi connectivity index (χ1) is 14.4. The van der Waals surface area contributed by atoms with Gasteiger partial charge in [0.05, 0.1) is 31.2 Å². The molecule has 0 fully saturated rings. The molecule has 1 amide bonds. The number of rotatable bonds is 4. The zero-order valence-electron chi connectivity index (χ0n) is 15.8. The maximum atomic E-state index is 13.8. The lowest BCUT2D eigenvalue weighted by Crippen LogP contribution is -2.36. The van der Waals surface area contributed by atoms with E-state index in [4.69, 9.17) is 4.74 Å². The van der Waals surface area contributed by atoms with Gasteiger partial charge in [0.15, 0.2) is 6.04 Å². The highest BCUT2D eigenvalue weighted by molar-refractivity contribution is 6.07. The molecule has 3 aromatic rings. The maximum Gasteiger partial charge on any atom is 0.410 e. The fourth-order valence-corrected chi connectivity index (χ4v) is 3.44. The topological polar surface area (TPSA) is 81.1 Å². The minimum atomic E-state index is -4.53. The van der Waals surface area contributed by atoms with Gasteiger partial charge in [-0.3, -0.25) is 9.78 Å². The van der Waals surface area contributed by atoms with Crippen molar-refractivity contribution in [2.45, 2.75) is 24.7 Å². The fourth-order valence-electron chi connectivity index (χ4n) is 3.44. The van der Waals surface area contributed by atoms with Crippen LogP contribution in [0.5, 0.6) is 5.75 Å². The molecule has 7 nitrogen and oxygen atoms in total. The lowest BCUT2D eigenvalue weighted by atomic mass is 9.96. The first kappa shape index (κ1) is 19.7. The second kappa shape index (κ2) is 7.69. The molecule has 0 aliphatic carbocycles. The molecule has 2 aromatic heterocycles. The van der Waals surface area contributed by atoms with Crippen LogP contribution in [0.1, 0.15) is 34.4 Å². The molecule has 156 valence electrons. The monoisotopic (exact) mass is 417 g/mol. The van der Waals surface area contributed by atoms with Crippen LogP contribution in [-0.4, -0.2) is 34.0 Å². The molecule has 2 N–H and O–H groups in total. The van der Waals surface area contributed by atoms with E-state index in [0.717, 1.165) is 10.9 Å². The first-order valence-corrected chi connectivity index (χ1v) is 9.13. The SMILES string of the molecule is COc1cccc(C2CC(C(F)(F)F)n3ncc(C(=O)Nc4cccnc4)c3N2)c1. The Morgan fingerprint density at radius 2 is 2.10 bits per heavy atom. The molecular formula is C20H18F3N5O2. The third-order valence-electron chi connectivity index (χ3n) is 4.90. The quantitative estimate of drug-likeness (QED) is 0.665. The summed E-state index contributed by atoms with van der Waals surface area (Å²) >= 11 is 0. The number of fused-ring (bicyclic) bond motifs is 1. The van der Waals surface area contributed by atoms with Gasteiger partial charge in [-0.15, -0.1) is 0 Å². The Morgan fingerprint density at radius 1 is 1.27 bits per heavy atom. The molecule has 0 spiro atoms. The number of amides is 1. The Bertz CT molecular complexity index is 1050. The van der Waals surface area contributed by atoms with Crippen LogP contribution >= 0.6 is 0 Å². The largest absolute Gasteiger partial charge is 0.497 e. The molecule has 2 unspecified atom stereocenters. The molecule has 1 aliphatic rings. The summed E-state index contributed by atoms with van der Waals surface area (Å²) in [5.41, 5.74) is 1.06. The first-order valence-electron chi connectivity index (χ1n) is 9.13. The summed E-state index contributed by atoms with van der Waals surface area (Å²) in [5.74, 6) is -0.0340. The van der Waals surface area contributed by atoms with Crippen molar-refractivity contribution >= 4 is 17.4 Å². The van der Waals surface area contributed by atoms with Gasteiger partial charge in [-0.1, -0.05) is 12.1 Å². The number of ether oxygens (including phenoxy) is 1. The van der Waals surface area contributed by atoms with E-state index in [1.165, 1.54) is 13.3 Å². The number of hydrogen-bond acceptors (Lipinski definition) is 5.